The number of morpholine rings is 1. The quantitative estimate of drug-likeness (QED) is 0.863. The van der Waals surface area contributed by atoms with Crippen molar-refractivity contribution < 1.29 is 17.9 Å². The van der Waals surface area contributed by atoms with Gasteiger partial charge in [0.15, 0.2) is 0 Å². The maximum Gasteiger partial charge on any atom is 0.270 e. The lowest BCUT2D eigenvalue weighted by molar-refractivity contribution is -0.0390. The molecule has 1 fully saturated rings. The van der Waals surface area contributed by atoms with Crippen LogP contribution < -0.4 is 4.72 Å². The average Bonchev–Trinajstić information content (AvgIpc) is 2.83. The molecule has 2 rings (SSSR count). The molecule has 1 aromatic heterocycles. The molecule has 0 bridgehead atoms. The minimum Gasteiger partial charge on any atom is -0.375 e. The third-order valence-electron chi connectivity index (χ3n) is 3.65. The highest BCUT2D eigenvalue weighted by Crippen LogP contribution is 2.19. The first-order valence-corrected chi connectivity index (χ1v) is 8.27. The zero-order valence-corrected chi connectivity index (χ0v) is 13.5. The molecular formula is C13H21N3O4S. The fourth-order valence-corrected chi connectivity index (χ4v) is 3.14. The molecule has 0 radical (unpaired) electrons. The van der Waals surface area contributed by atoms with E-state index in [1.54, 1.807) is 16.5 Å². The molecule has 0 aromatic carbocycles. The van der Waals surface area contributed by atoms with Crippen LogP contribution in [0.15, 0.2) is 17.2 Å². The summed E-state index contributed by atoms with van der Waals surface area (Å²) in [5.74, 6) is -0.183. The van der Waals surface area contributed by atoms with Crippen molar-refractivity contribution in [2.24, 2.45) is 7.05 Å². The van der Waals surface area contributed by atoms with Gasteiger partial charge >= 0.3 is 0 Å². The summed E-state index contributed by atoms with van der Waals surface area (Å²) in [4.78, 5) is 14.4. The summed E-state index contributed by atoms with van der Waals surface area (Å²) in [7, 11) is -0.549. The molecule has 8 heteroatoms. The maximum absolute atomic E-state index is 12.6. The first kappa shape index (κ1) is 16.0. The standard InChI is InChI=1S/C13H21N3O4S/c1-9-8-20-10(2)6-16(9)13(17)12-5-11(7-15(12)4)21(18,19)14-3/h5,7,9-10,14H,6,8H2,1-4H3. The smallest absolute Gasteiger partial charge is 0.270 e. The van der Waals surface area contributed by atoms with Crippen molar-refractivity contribution in [3.05, 3.63) is 18.0 Å². The van der Waals surface area contributed by atoms with Crippen LogP contribution in [-0.4, -0.2) is 56.1 Å². The molecule has 2 atom stereocenters. The van der Waals surface area contributed by atoms with Crippen LogP contribution in [0.4, 0.5) is 0 Å². The Balaban J connectivity index is 2.31. The maximum atomic E-state index is 12.6. The van der Waals surface area contributed by atoms with Gasteiger partial charge in [-0.1, -0.05) is 0 Å². The topological polar surface area (TPSA) is 80.6 Å². The molecule has 1 amide bonds. The van der Waals surface area contributed by atoms with Gasteiger partial charge in [0.25, 0.3) is 5.91 Å². The van der Waals surface area contributed by atoms with E-state index < -0.39 is 10.0 Å². The Bertz CT molecular complexity index is 638. The number of rotatable bonds is 3. The predicted molar refractivity (Wildman–Crippen MR) is 77.6 cm³/mol. The predicted octanol–water partition coefficient (Wildman–Crippen LogP) is 0.183. The van der Waals surface area contributed by atoms with Crippen LogP contribution in [0.5, 0.6) is 0 Å². The fourth-order valence-electron chi connectivity index (χ4n) is 2.35. The second-order valence-electron chi connectivity index (χ2n) is 5.33. The largest absolute Gasteiger partial charge is 0.375 e. The highest BCUT2D eigenvalue weighted by atomic mass is 32.2. The van der Waals surface area contributed by atoms with Crippen molar-refractivity contribution in [1.82, 2.24) is 14.2 Å². The molecule has 2 unspecified atom stereocenters. The number of hydrogen-bond donors (Lipinski definition) is 1. The summed E-state index contributed by atoms with van der Waals surface area (Å²) in [6, 6.07) is 1.37. The Morgan fingerprint density at radius 2 is 2.10 bits per heavy atom. The number of amides is 1. The third kappa shape index (κ3) is 3.12. The zero-order chi connectivity index (χ0) is 15.8. The molecule has 1 saturated heterocycles. The zero-order valence-electron chi connectivity index (χ0n) is 12.7. The van der Waals surface area contributed by atoms with E-state index in [0.717, 1.165) is 0 Å². The second kappa shape index (κ2) is 5.78. The summed E-state index contributed by atoms with van der Waals surface area (Å²) >= 11 is 0. The Morgan fingerprint density at radius 1 is 1.43 bits per heavy atom. The van der Waals surface area contributed by atoms with Gasteiger partial charge in [-0.2, -0.15) is 0 Å². The van der Waals surface area contributed by atoms with Crippen LogP contribution in [0.3, 0.4) is 0 Å². The van der Waals surface area contributed by atoms with E-state index in [1.165, 1.54) is 19.3 Å². The van der Waals surface area contributed by atoms with Gasteiger partial charge in [-0.3, -0.25) is 4.79 Å². The summed E-state index contributed by atoms with van der Waals surface area (Å²) in [5, 5.41) is 0. The highest BCUT2D eigenvalue weighted by molar-refractivity contribution is 7.89. The number of nitrogens with zero attached hydrogens (tertiary/aromatic N) is 2. The summed E-state index contributed by atoms with van der Waals surface area (Å²) in [6.07, 6.45) is 1.42. The van der Waals surface area contributed by atoms with Crippen LogP contribution in [0.1, 0.15) is 24.3 Å². The van der Waals surface area contributed by atoms with Crippen molar-refractivity contribution in [3.63, 3.8) is 0 Å². The number of ether oxygens (including phenoxy) is 1. The number of nitrogens with one attached hydrogen (secondary N) is 1. The second-order valence-corrected chi connectivity index (χ2v) is 7.22. The fraction of sp³-hybridized carbons (Fsp3) is 0.615. The van der Waals surface area contributed by atoms with Gasteiger partial charge in [0.05, 0.1) is 18.8 Å². The van der Waals surface area contributed by atoms with Gasteiger partial charge in [0.1, 0.15) is 10.6 Å². The molecule has 0 aliphatic carbocycles. The first-order chi connectivity index (χ1) is 9.76. The van der Waals surface area contributed by atoms with E-state index in [4.69, 9.17) is 4.74 Å². The van der Waals surface area contributed by atoms with Crippen molar-refractivity contribution in [2.75, 3.05) is 20.2 Å². The number of carbonyl (C=O) groups excluding carboxylic acids is 1. The molecule has 1 N–H and O–H groups in total. The molecule has 1 aromatic rings. The molecule has 21 heavy (non-hydrogen) atoms. The SMILES string of the molecule is CNS(=O)(=O)c1cc(C(=O)N2CC(C)OCC2C)n(C)c1. The number of aromatic nitrogens is 1. The lowest BCUT2D eigenvalue weighted by Crippen LogP contribution is -2.50. The molecule has 0 spiro atoms. The molecule has 0 saturated carbocycles. The number of carbonyl (C=O) groups is 1. The van der Waals surface area contributed by atoms with E-state index in [-0.39, 0.29) is 22.9 Å². The van der Waals surface area contributed by atoms with Gasteiger partial charge in [0.2, 0.25) is 10.0 Å². The van der Waals surface area contributed by atoms with Gasteiger partial charge in [-0.25, -0.2) is 13.1 Å². The molecule has 2 heterocycles. The van der Waals surface area contributed by atoms with Crippen LogP contribution in [0.2, 0.25) is 0 Å². The van der Waals surface area contributed by atoms with Crippen LogP contribution in [0.25, 0.3) is 0 Å². The van der Waals surface area contributed by atoms with Crippen molar-refractivity contribution >= 4 is 15.9 Å². The number of hydrogen-bond acceptors (Lipinski definition) is 4. The lowest BCUT2D eigenvalue weighted by atomic mass is 10.2. The first-order valence-electron chi connectivity index (χ1n) is 6.78. The summed E-state index contributed by atoms with van der Waals surface area (Å²) < 4.78 is 32.9. The molecule has 1 aliphatic heterocycles. The van der Waals surface area contributed by atoms with Gasteiger partial charge in [0, 0.05) is 19.8 Å². The van der Waals surface area contributed by atoms with Crippen molar-refractivity contribution in [3.8, 4) is 0 Å². The van der Waals surface area contributed by atoms with Gasteiger partial charge < -0.3 is 14.2 Å². The normalized spacial score (nSPS) is 23.3. The van der Waals surface area contributed by atoms with E-state index in [0.29, 0.717) is 18.8 Å². The van der Waals surface area contributed by atoms with Crippen molar-refractivity contribution in [1.29, 1.82) is 0 Å². The van der Waals surface area contributed by atoms with E-state index in [2.05, 4.69) is 4.72 Å². The Morgan fingerprint density at radius 3 is 2.71 bits per heavy atom. The number of aryl methyl sites for hydroxylation is 1. The third-order valence-corrected chi connectivity index (χ3v) is 5.03. The average molecular weight is 315 g/mol. The lowest BCUT2D eigenvalue weighted by Gasteiger charge is -2.36. The summed E-state index contributed by atoms with van der Waals surface area (Å²) in [6.45, 7) is 4.81. The van der Waals surface area contributed by atoms with Crippen LogP contribution in [-0.2, 0) is 21.8 Å². The van der Waals surface area contributed by atoms with E-state index in [1.807, 2.05) is 13.8 Å². The van der Waals surface area contributed by atoms with Gasteiger partial charge in [-0.15, -0.1) is 0 Å². The molecule has 1 aliphatic rings. The van der Waals surface area contributed by atoms with Gasteiger partial charge in [-0.05, 0) is 27.0 Å². The Hall–Kier alpha value is -1.38. The number of sulfonamides is 1. The Labute approximate surface area is 124 Å². The van der Waals surface area contributed by atoms with Crippen molar-refractivity contribution in [2.45, 2.75) is 30.9 Å². The Kier molecular flexibility index (Phi) is 4.40. The minimum atomic E-state index is -3.55. The van der Waals surface area contributed by atoms with Crippen LogP contribution >= 0.6 is 0 Å². The summed E-state index contributed by atoms with van der Waals surface area (Å²) in [5.41, 5.74) is 0.352. The van der Waals surface area contributed by atoms with E-state index >= 15 is 0 Å². The highest BCUT2D eigenvalue weighted by Gasteiger charge is 2.30. The van der Waals surface area contributed by atoms with Crippen LogP contribution in [0, 0.1) is 0 Å². The molecular weight excluding hydrogens is 294 g/mol. The van der Waals surface area contributed by atoms with E-state index in [9.17, 15) is 13.2 Å². The minimum absolute atomic E-state index is 0.0223. The molecule has 7 nitrogen and oxygen atoms in total. The monoisotopic (exact) mass is 315 g/mol. The molecule has 118 valence electrons.